The van der Waals surface area contributed by atoms with E-state index >= 15 is 0 Å². The Hall–Kier alpha value is -0.540. The Kier molecular flexibility index (Phi) is 3.12. The lowest BCUT2D eigenvalue weighted by Crippen LogP contribution is -2.05. The lowest BCUT2D eigenvalue weighted by atomic mass is 10.2. The summed E-state index contributed by atoms with van der Waals surface area (Å²) in [6.45, 7) is 1.77. The van der Waals surface area contributed by atoms with Crippen LogP contribution in [0.5, 0.6) is 0 Å². The molecule has 3 nitrogen and oxygen atoms in total. The Morgan fingerprint density at radius 2 is 2.42 bits per heavy atom. The van der Waals surface area contributed by atoms with Gasteiger partial charge in [0.2, 0.25) is 0 Å². The van der Waals surface area contributed by atoms with Crippen LogP contribution in [0.15, 0.2) is 6.20 Å². The topological polar surface area (TPSA) is 38.1 Å². The summed E-state index contributed by atoms with van der Waals surface area (Å²) in [7, 11) is 1.85. The van der Waals surface area contributed by atoms with Gasteiger partial charge in [0, 0.05) is 7.05 Å². The molecule has 0 radical (unpaired) electrons. The Balaban J connectivity index is 2.62. The molecule has 1 unspecified atom stereocenters. The first kappa shape index (κ1) is 9.55. The monoisotopic (exact) mass is 188 g/mol. The molecule has 0 aliphatic heterocycles. The van der Waals surface area contributed by atoms with Crippen LogP contribution in [0.25, 0.3) is 0 Å². The van der Waals surface area contributed by atoms with Gasteiger partial charge in [0.1, 0.15) is 0 Å². The van der Waals surface area contributed by atoms with E-state index in [0.29, 0.717) is 5.02 Å². The smallest absolute Gasteiger partial charge is 0.0817 e. The molecule has 0 bridgehead atoms. The molecule has 4 heteroatoms. The van der Waals surface area contributed by atoms with E-state index in [-0.39, 0.29) is 6.10 Å². The van der Waals surface area contributed by atoms with Gasteiger partial charge in [-0.15, -0.1) is 0 Å². The van der Waals surface area contributed by atoms with Crippen LogP contribution in [-0.4, -0.2) is 21.0 Å². The maximum absolute atomic E-state index is 9.06. The first-order valence-corrected chi connectivity index (χ1v) is 4.33. The zero-order valence-corrected chi connectivity index (χ0v) is 8.04. The number of aryl methyl sites for hydroxylation is 1. The van der Waals surface area contributed by atoms with Crippen LogP contribution >= 0.6 is 11.6 Å². The van der Waals surface area contributed by atoms with Gasteiger partial charge in [-0.05, 0) is 19.8 Å². The van der Waals surface area contributed by atoms with Crippen molar-refractivity contribution < 1.29 is 5.11 Å². The van der Waals surface area contributed by atoms with Crippen LogP contribution in [-0.2, 0) is 13.5 Å². The minimum atomic E-state index is -0.282. The van der Waals surface area contributed by atoms with E-state index in [0.717, 1.165) is 18.5 Å². The van der Waals surface area contributed by atoms with Gasteiger partial charge in [0.15, 0.2) is 0 Å². The number of aliphatic hydroxyl groups is 1. The summed E-state index contributed by atoms with van der Waals surface area (Å²) in [6.07, 6.45) is 2.83. The molecule has 1 aromatic rings. The van der Waals surface area contributed by atoms with Crippen molar-refractivity contribution in [1.82, 2.24) is 9.78 Å². The minimum Gasteiger partial charge on any atom is -0.393 e. The average Bonchev–Trinajstić information content (AvgIpc) is 2.28. The predicted octanol–water partition coefficient (Wildman–Crippen LogP) is 1.39. The van der Waals surface area contributed by atoms with E-state index in [4.69, 9.17) is 16.7 Å². The highest BCUT2D eigenvalue weighted by atomic mass is 35.5. The van der Waals surface area contributed by atoms with Gasteiger partial charge < -0.3 is 5.11 Å². The molecule has 0 fully saturated rings. The van der Waals surface area contributed by atoms with Gasteiger partial charge >= 0.3 is 0 Å². The summed E-state index contributed by atoms with van der Waals surface area (Å²) in [4.78, 5) is 0. The van der Waals surface area contributed by atoms with Crippen LogP contribution in [0.1, 0.15) is 19.0 Å². The maximum Gasteiger partial charge on any atom is 0.0817 e. The zero-order valence-electron chi connectivity index (χ0n) is 7.29. The Labute approximate surface area is 77.0 Å². The number of rotatable bonds is 3. The molecule has 1 aromatic heterocycles. The molecule has 1 heterocycles. The van der Waals surface area contributed by atoms with E-state index in [1.54, 1.807) is 17.8 Å². The highest BCUT2D eigenvalue weighted by Crippen LogP contribution is 2.16. The number of nitrogens with zero attached hydrogens (tertiary/aromatic N) is 2. The summed E-state index contributed by atoms with van der Waals surface area (Å²) in [5.41, 5.74) is 0.984. The molecular formula is C8H13ClN2O. The number of aromatic nitrogens is 2. The summed E-state index contributed by atoms with van der Waals surface area (Å²) in [5.74, 6) is 0. The third-order valence-corrected chi connectivity index (χ3v) is 2.13. The van der Waals surface area contributed by atoms with Crippen LogP contribution in [0, 0.1) is 0 Å². The fourth-order valence-corrected chi connectivity index (χ4v) is 1.32. The van der Waals surface area contributed by atoms with Crippen molar-refractivity contribution in [2.24, 2.45) is 7.05 Å². The van der Waals surface area contributed by atoms with Crippen molar-refractivity contribution in [2.45, 2.75) is 25.9 Å². The molecule has 0 saturated carbocycles. The van der Waals surface area contributed by atoms with Crippen LogP contribution in [0.2, 0.25) is 5.02 Å². The number of halogens is 1. The molecule has 0 aromatic carbocycles. The van der Waals surface area contributed by atoms with Crippen molar-refractivity contribution in [1.29, 1.82) is 0 Å². The molecule has 1 atom stereocenters. The van der Waals surface area contributed by atoms with Gasteiger partial charge in [-0.1, -0.05) is 11.6 Å². The SMILES string of the molecule is CC(O)CCc1c(Cl)cnn1C. The van der Waals surface area contributed by atoms with Gasteiger partial charge in [0.05, 0.1) is 23.0 Å². The van der Waals surface area contributed by atoms with E-state index < -0.39 is 0 Å². The average molecular weight is 189 g/mol. The number of hydrogen-bond acceptors (Lipinski definition) is 2. The van der Waals surface area contributed by atoms with Crippen molar-refractivity contribution in [3.63, 3.8) is 0 Å². The molecule has 12 heavy (non-hydrogen) atoms. The van der Waals surface area contributed by atoms with Crippen LogP contribution in [0.4, 0.5) is 0 Å². The van der Waals surface area contributed by atoms with E-state index in [1.807, 2.05) is 7.05 Å². The standard InChI is InChI=1S/C8H13ClN2O/c1-6(12)3-4-8-7(9)5-10-11(8)2/h5-6,12H,3-4H2,1-2H3. The number of aliphatic hydroxyl groups excluding tert-OH is 1. The highest BCUT2D eigenvalue weighted by molar-refractivity contribution is 6.31. The van der Waals surface area contributed by atoms with Crippen LogP contribution in [0.3, 0.4) is 0 Å². The van der Waals surface area contributed by atoms with Crippen molar-refractivity contribution in [2.75, 3.05) is 0 Å². The van der Waals surface area contributed by atoms with Crippen molar-refractivity contribution in [3.05, 3.63) is 16.9 Å². The quantitative estimate of drug-likeness (QED) is 0.779. The van der Waals surface area contributed by atoms with E-state index in [9.17, 15) is 0 Å². The van der Waals surface area contributed by atoms with Crippen molar-refractivity contribution in [3.8, 4) is 0 Å². The van der Waals surface area contributed by atoms with Gasteiger partial charge in [-0.2, -0.15) is 5.10 Å². The molecule has 0 amide bonds. The molecule has 1 N–H and O–H groups in total. The van der Waals surface area contributed by atoms with Gasteiger partial charge in [-0.25, -0.2) is 0 Å². The first-order valence-electron chi connectivity index (χ1n) is 3.95. The Bertz CT molecular complexity index is 238. The molecule has 68 valence electrons. The maximum atomic E-state index is 9.06. The second kappa shape index (κ2) is 3.92. The summed E-state index contributed by atoms with van der Waals surface area (Å²) in [6, 6.07) is 0. The van der Waals surface area contributed by atoms with Gasteiger partial charge in [-0.3, -0.25) is 4.68 Å². The molecule has 0 spiro atoms. The normalized spacial score (nSPS) is 13.3. The summed E-state index contributed by atoms with van der Waals surface area (Å²) >= 11 is 5.86. The highest BCUT2D eigenvalue weighted by Gasteiger charge is 2.06. The lowest BCUT2D eigenvalue weighted by molar-refractivity contribution is 0.184. The fourth-order valence-electron chi connectivity index (χ4n) is 1.06. The van der Waals surface area contributed by atoms with E-state index in [1.165, 1.54) is 0 Å². The third kappa shape index (κ3) is 2.22. The van der Waals surface area contributed by atoms with Gasteiger partial charge in [0.25, 0.3) is 0 Å². The largest absolute Gasteiger partial charge is 0.393 e. The first-order chi connectivity index (χ1) is 5.61. The third-order valence-electron chi connectivity index (χ3n) is 1.81. The second-order valence-corrected chi connectivity index (χ2v) is 3.36. The molecule has 0 saturated heterocycles. The Morgan fingerprint density at radius 3 is 2.83 bits per heavy atom. The molecule has 0 aliphatic rings. The van der Waals surface area contributed by atoms with Crippen LogP contribution < -0.4 is 0 Å². The van der Waals surface area contributed by atoms with Crippen molar-refractivity contribution >= 4 is 11.6 Å². The predicted molar refractivity (Wildman–Crippen MR) is 48.2 cm³/mol. The minimum absolute atomic E-state index is 0.282. The van der Waals surface area contributed by atoms with E-state index in [2.05, 4.69) is 5.10 Å². The lowest BCUT2D eigenvalue weighted by Gasteiger charge is -2.04. The zero-order chi connectivity index (χ0) is 9.14. The number of hydrogen-bond donors (Lipinski definition) is 1. The Morgan fingerprint density at radius 1 is 1.75 bits per heavy atom. The fraction of sp³-hybridized carbons (Fsp3) is 0.625. The molecular weight excluding hydrogens is 176 g/mol. The second-order valence-electron chi connectivity index (χ2n) is 2.95. The molecule has 0 aliphatic carbocycles. The summed E-state index contributed by atoms with van der Waals surface area (Å²) in [5, 5.41) is 13.7. The summed E-state index contributed by atoms with van der Waals surface area (Å²) < 4.78 is 1.74. The molecule has 1 rings (SSSR count).